The van der Waals surface area contributed by atoms with E-state index in [-0.39, 0.29) is 11.1 Å². The molecular formula is C30H23Cl3N2O5S. The third-order valence-electron chi connectivity index (χ3n) is 6.46. The zero-order valence-corrected chi connectivity index (χ0v) is 25.2. The van der Waals surface area contributed by atoms with Gasteiger partial charge in [-0.15, -0.1) is 0 Å². The molecule has 2 heterocycles. The number of ether oxygens (including phenoxy) is 3. The Hall–Kier alpha value is -3.56. The van der Waals surface area contributed by atoms with Gasteiger partial charge in [0.05, 0.1) is 40.1 Å². The highest BCUT2D eigenvalue weighted by Crippen LogP contribution is 2.37. The number of carbonyl (C=O) groups excluding carboxylic acids is 1. The highest BCUT2D eigenvalue weighted by Gasteiger charge is 2.35. The van der Waals surface area contributed by atoms with Crippen LogP contribution in [0.15, 0.2) is 81.7 Å². The number of aromatic nitrogens is 1. The van der Waals surface area contributed by atoms with E-state index in [1.165, 1.54) is 30.1 Å². The van der Waals surface area contributed by atoms with E-state index in [1.807, 2.05) is 30.3 Å². The second-order valence-electron chi connectivity index (χ2n) is 9.07. The van der Waals surface area contributed by atoms with Crippen LogP contribution in [0.25, 0.3) is 6.08 Å². The summed E-state index contributed by atoms with van der Waals surface area (Å²) < 4.78 is 18.5. The molecule has 0 N–H and O–H groups in total. The summed E-state index contributed by atoms with van der Waals surface area (Å²) in [6.07, 6.45) is 1.76. The molecule has 1 aromatic heterocycles. The Bertz CT molecular complexity index is 1880. The summed E-state index contributed by atoms with van der Waals surface area (Å²) >= 11 is 19.7. The molecule has 0 fully saturated rings. The number of nitrogens with zero attached hydrogens (tertiary/aromatic N) is 2. The van der Waals surface area contributed by atoms with Gasteiger partial charge in [-0.05, 0) is 66.6 Å². The number of halogens is 3. The number of hydrogen-bond acceptors (Lipinski definition) is 7. The van der Waals surface area contributed by atoms with Gasteiger partial charge in [0.1, 0.15) is 24.1 Å². The molecule has 0 radical (unpaired) electrons. The van der Waals surface area contributed by atoms with Crippen molar-refractivity contribution in [2.45, 2.75) is 19.6 Å². The quantitative estimate of drug-likeness (QED) is 0.236. The summed E-state index contributed by atoms with van der Waals surface area (Å²) in [4.78, 5) is 31.8. The largest absolute Gasteiger partial charge is 0.496 e. The summed E-state index contributed by atoms with van der Waals surface area (Å²) in [7, 11) is 2.80. The third kappa shape index (κ3) is 5.92. The second kappa shape index (κ2) is 12.1. The Morgan fingerprint density at radius 3 is 2.59 bits per heavy atom. The number of esters is 1. The monoisotopic (exact) mass is 628 g/mol. The molecule has 11 heteroatoms. The molecule has 210 valence electrons. The van der Waals surface area contributed by atoms with Gasteiger partial charge in [0.25, 0.3) is 5.56 Å². The lowest BCUT2D eigenvalue weighted by molar-refractivity contribution is -0.136. The maximum atomic E-state index is 13.9. The number of allylic oxidation sites excluding steroid dienone is 1. The lowest BCUT2D eigenvalue weighted by Crippen LogP contribution is -2.40. The van der Waals surface area contributed by atoms with Gasteiger partial charge in [-0.25, -0.2) is 9.79 Å². The van der Waals surface area contributed by atoms with Crippen LogP contribution in [-0.4, -0.2) is 24.8 Å². The van der Waals surface area contributed by atoms with Crippen molar-refractivity contribution >= 4 is 58.2 Å². The molecule has 1 atom stereocenters. The molecule has 0 saturated carbocycles. The number of thiazole rings is 1. The van der Waals surface area contributed by atoms with Gasteiger partial charge >= 0.3 is 5.97 Å². The first-order valence-corrected chi connectivity index (χ1v) is 14.3. The van der Waals surface area contributed by atoms with Crippen molar-refractivity contribution in [1.29, 1.82) is 0 Å². The van der Waals surface area contributed by atoms with Crippen molar-refractivity contribution in [2.24, 2.45) is 4.99 Å². The molecule has 0 spiro atoms. The fourth-order valence-corrected chi connectivity index (χ4v) is 6.10. The average molecular weight is 630 g/mol. The number of rotatable bonds is 7. The zero-order valence-electron chi connectivity index (χ0n) is 22.1. The molecule has 1 aliphatic rings. The normalized spacial score (nSPS) is 14.9. The Balaban J connectivity index is 1.57. The average Bonchev–Trinajstić information content (AvgIpc) is 3.26. The topological polar surface area (TPSA) is 79.1 Å². The lowest BCUT2D eigenvalue weighted by Gasteiger charge is -2.25. The van der Waals surface area contributed by atoms with Crippen molar-refractivity contribution < 1.29 is 19.0 Å². The number of methoxy groups -OCH3 is 2. The number of hydrogen-bond donors (Lipinski definition) is 0. The zero-order chi connectivity index (χ0) is 29.3. The summed E-state index contributed by atoms with van der Waals surface area (Å²) in [5.74, 6) is 0.485. The van der Waals surface area contributed by atoms with Crippen molar-refractivity contribution in [1.82, 2.24) is 4.57 Å². The second-order valence-corrected chi connectivity index (χ2v) is 11.3. The van der Waals surface area contributed by atoms with Crippen LogP contribution in [0.3, 0.4) is 0 Å². The van der Waals surface area contributed by atoms with Gasteiger partial charge in [-0.1, -0.05) is 64.3 Å². The number of fused-ring (bicyclic) bond motifs is 1. The number of carbonyl (C=O) groups is 1. The van der Waals surface area contributed by atoms with E-state index in [0.29, 0.717) is 53.8 Å². The minimum Gasteiger partial charge on any atom is -0.496 e. The molecule has 0 bridgehead atoms. The standard InChI is InChI=1S/C30H23Cl3N2O5S/c1-16-26(29(37)39-3)27(21-14-19(31)8-10-24(21)38-2)35-28(36)25(41-30(35)34-16)13-17-5-4-6-20(11-17)40-15-18-7-9-22(32)23(33)12-18/h4-14,27H,15H2,1-3H3/b25-13-/t27-/m1/s1. The van der Waals surface area contributed by atoms with Gasteiger partial charge in [-0.2, -0.15) is 0 Å². The van der Waals surface area contributed by atoms with E-state index >= 15 is 0 Å². The van der Waals surface area contributed by atoms with E-state index in [1.54, 1.807) is 43.3 Å². The minimum atomic E-state index is -0.852. The maximum absolute atomic E-state index is 13.9. The van der Waals surface area contributed by atoms with E-state index in [4.69, 9.17) is 49.0 Å². The van der Waals surface area contributed by atoms with E-state index in [2.05, 4.69) is 4.99 Å². The first-order valence-electron chi connectivity index (χ1n) is 12.3. The fourth-order valence-electron chi connectivity index (χ4n) is 4.55. The first kappa shape index (κ1) is 29.0. The van der Waals surface area contributed by atoms with Gasteiger partial charge in [0.2, 0.25) is 0 Å². The molecular weight excluding hydrogens is 607 g/mol. The Morgan fingerprint density at radius 1 is 1.05 bits per heavy atom. The molecule has 0 aliphatic carbocycles. The van der Waals surface area contributed by atoms with Crippen LogP contribution in [0.4, 0.5) is 0 Å². The predicted molar refractivity (Wildman–Crippen MR) is 161 cm³/mol. The summed E-state index contributed by atoms with van der Waals surface area (Å²) in [5.41, 5.74) is 2.50. The maximum Gasteiger partial charge on any atom is 0.338 e. The van der Waals surface area contributed by atoms with E-state index < -0.39 is 12.0 Å². The molecule has 0 saturated heterocycles. The molecule has 0 unspecified atom stereocenters. The SMILES string of the molecule is COC(=O)C1=C(C)N=c2s/c(=C\c3cccc(OCc4ccc(Cl)c(Cl)c4)c3)c(=O)n2[C@@H]1c1cc(Cl)ccc1OC. The lowest BCUT2D eigenvalue weighted by atomic mass is 9.95. The van der Waals surface area contributed by atoms with Crippen LogP contribution in [0.1, 0.15) is 29.7 Å². The number of benzene rings is 3. The van der Waals surface area contributed by atoms with E-state index in [9.17, 15) is 9.59 Å². The summed E-state index contributed by atoms with van der Waals surface area (Å²) in [5, 5.41) is 1.36. The molecule has 1 aliphatic heterocycles. The van der Waals surface area contributed by atoms with Crippen LogP contribution in [0.5, 0.6) is 11.5 Å². The van der Waals surface area contributed by atoms with Gasteiger partial charge < -0.3 is 14.2 Å². The highest BCUT2D eigenvalue weighted by molar-refractivity contribution is 7.07. The first-order chi connectivity index (χ1) is 19.7. The van der Waals surface area contributed by atoms with Crippen molar-refractivity contribution in [2.75, 3.05) is 14.2 Å². The smallest absolute Gasteiger partial charge is 0.338 e. The molecule has 41 heavy (non-hydrogen) atoms. The highest BCUT2D eigenvalue weighted by atomic mass is 35.5. The van der Waals surface area contributed by atoms with Crippen molar-refractivity contribution in [3.8, 4) is 11.5 Å². The molecule has 5 rings (SSSR count). The predicted octanol–water partition coefficient (Wildman–Crippen LogP) is 5.96. The van der Waals surface area contributed by atoms with Crippen molar-refractivity contribution in [3.63, 3.8) is 0 Å². The molecule has 7 nitrogen and oxygen atoms in total. The van der Waals surface area contributed by atoms with Crippen LogP contribution < -0.4 is 24.4 Å². The fraction of sp³-hybridized carbons (Fsp3) is 0.167. The Morgan fingerprint density at radius 2 is 1.85 bits per heavy atom. The van der Waals surface area contributed by atoms with Crippen LogP contribution in [-0.2, 0) is 16.1 Å². The Kier molecular flexibility index (Phi) is 8.56. The van der Waals surface area contributed by atoms with E-state index in [0.717, 1.165) is 11.1 Å². The van der Waals surface area contributed by atoms with Gasteiger partial charge in [-0.3, -0.25) is 9.36 Å². The molecule has 4 aromatic rings. The van der Waals surface area contributed by atoms with Gasteiger partial charge in [0, 0.05) is 10.6 Å². The molecule has 0 amide bonds. The summed E-state index contributed by atoms with van der Waals surface area (Å²) in [6.45, 7) is 2.00. The summed E-state index contributed by atoms with van der Waals surface area (Å²) in [6, 6.07) is 16.9. The Labute approximate surface area is 254 Å². The molecule has 3 aromatic carbocycles. The van der Waals surface area contributed by atoms with Crippen LogP contribution >= 0.6 is 46.1 Å². The third-order valence-corrected chi connectivity index (χ3v) is 8.42. The van der Waals surface area contributed by atoms with Crippen LogP contribution in [0, 0.1) is 0 Å². The van der Waals surface area contributed by atoms with Crippen molar-refractivity contribution in [3.05, 3.63) is 123 Å². The minimum absolute atomic E-state index is 0.227. The van der Waals surface area contributed by atoms with Crippen LogP contribution in [0.2, 0.25) is 15.1 Å². The van der Waals surface area contributed by atoms with Gasteiger partial charge in [0.15, 0.2) is 4.80 Å².